The maximum atomic E-state index is 4.75. The van der Waals surface area contributed by atoms with Crippen LogP contribution in [0, 0.1) is 5.92 Å². The molecule has 1 heterocycles. The van der Waals surface area contributed by atoms with Crippen LogP contribution in [-0.4, -0.2) is 25.1 Å². The van der Waals surface area contributed by atoms with E-state index in [0.717, 1.165) is 37.1 Å². The first kappa shape index (κ1) is 14.3. The Balaban J connectivity index is 1.89. The molecule has 0 aromatic carbocycles. The molecule has 0 saturated heterocycles. The van der Waals surface area contributed by atoms with Gasteiger partial charge in [0.25, 0.3) is 0 Å². The van der Waals surface area contributed by atoms with Crippen molar-refractivity contribution < 1.29 is 0 Å². The van der Waals surface area contributed by atoms with E-state index < -0.39 is 0 Å². The Morgan fingerprint density at radius 3 is 2.84 bits per heavy atom. The quantitative estimate of drug-likeness (QED) is 0.764. The summed E-state index contributed by atoms with van der Waals surface area (Å²) in [4.78, 5) is 7.07. The fourth-order valence-corrected chi connectivity index (χ4v) is 2.84. The Hall–Kier alpha value is -1.09. The molecule has 2 rings (SSSR count). The van der Waals surface area contributed by atoms with Crippen molar-refractivity contribution in [1.82, 2.24) is 10.3 Å². The molecule has 1 aromatic heterocycles. The van der Waals surface area contributed by atoms with E-state index in [1.54, 1.807) is 0 Å². The highest BCUT2D eigenvalue weighted by Crippen LogP contribution is 2.26. The van der Waals surface area contributed by atoms with E-state index in [0.29, 0.717) is 0 Å². The topological polar surface area (TPSA) is 28.2 Å². The van der Waals surface area contributed by atoms with E-state index >= 15 is 0 Å². The van der Waals surface area contributed by atoms with Crippen LogP contribution >= 0.6 is 0 Å². The largest absolute Gasteiger partial charge is 0.359 e. The molecule has 0 atom stereocenters. The third-order valence-corrected chi connectivity index (χ3v) is 3.92. The molecule has 1 fully saturated rings. The molecule has 1 aromatic rings. The molecule has 106 valence electrons. The van der Waals surface area contributed by atoms with E-state index in [-0.39, 0.29) is 0 Å². The van der Waals surface area contributed by atoms with E-state index in [4.69, 9.17) is 4.98 Å². The zero-order chi connectivity index (χ0) is 13.5. The molecule has 1 saturated carbocycles. The molecular formula is C16H27N3. The summed E-state index contributed by atoms with van der Waals surface area (Å²) in [5.41, 5.74) is 1.14. The first-order chi connectivity index (χ1) is 9.29. The van der Waals surface area contributed by atoms with Gasteiger partial charge in [0.1, 0.15) is 5.82 Å². The second kappa shape index (κ2) is 7.49. The number of nitrogens with zero attached hydrogens (tertiary/aromatic N) is 2. The number of rotatable bonds is 7. The lowest BCUT2D eigenvalue weighted by Crippen LogP contribution is -2.25. The molecule has 1 aliphatic rings. The Morgan fingerprint density at radius 1 is 1.32 bits per heavy atom. The molecule has 1 aliphatic carbocycles. The van der Waals surface area contributed by atoms with Gasteiger partial charge in [-0.15, -0.1) is 0 Å². The van der Waals surface area contributed by atoms with Crippen LogP contribution in [0.1, 0.15) is 44.7 Å². The number of anilines is 1. The van der Waals surface area contributed by atoms with Gasteiger partial charge >= 0.3 is 0 Å². The molecule has 3 heteroatoms. The number of aromatic nitrogens is 1. The van der Waals surface area contributed by atoms with Gasteiger partial charge in [-0.2, -0.15) is 0 Å². The minimum atomic E-state index is 0.869. The zero-order valence-corrected chi connectivity index (χ0v) is 12.4. The normalized spacial score (nSPS) is 15.9. The maximum absolute atomic E-state index is 4.75. The summed E-state index contributed by atoms with van der Waals surface area (Å²) in [5.74, 6) is 1.98. The molecule has 0 radical (unpaired) electrons. The van der Waals surface area contributed by atoms with Gasteiger partial charge in [-0.3, -0.25) is 0 Å². The van der Waals surface area contributed by atoms with Crippen molar-refractivity contribution >= 4 is 5.82 Å². The first-order valence-electron chi connectivity index (χ1n) is 7.67. The van der Waals surface area contributed by atoms with Crippen molar-refractivity contribution in [2.24, 2.45) is 5.92 Å². The number of hydrogen-bond acceptors (Lipinski definition) is 3. The number of nitrogens with one attached hydrogen (secondary N) is 1. The van der Waals surface area contributed by atoms with E-state index in [1.807, 2.05) is 0 Å². The highest BCUT2D eigenvalue weighted by molar-refractivity contribution is 5.38. The van der Waals surface area contributed by atoms with E-state index in [1.165, 1.54) is 32.1 Å². The lowest BCUT2D eigenvalue weighted by molar-refractivity contribution is 0.544. The lowest BCUT2D eigenvalue weighted by atomic mass is 10.1. The van der Waals surface area contributed by atoms with Crippen molar-refractivity contribution in [3.05, 3.63) is 23.9 Å². The Morgan fingerprint density at radius 2 is 2.11 bits per heavy atom. The van der Waals surface area contributed by atoms with Crippen molar-refractivity contribution in [1.29, 1.82) is 0 Å². The smallest absolute Gasteiger partial charge is 0.128 e. The molecule has 0 unspecified atom stereocenters. The van der Waals surface area contributed by atoms with E-state index in [2.05, 4.69) is 42.4 Å². The molecule has 0 bridgehead atoms. The predicted molar refractivity (Wildman–Crippen MR) is 81.5 cm³/mol. The van der Waals surface area contributed by atoms with Gasteiger partial charge in [0.2, 0.25) is 0 Å². The van der Waals surface area contributed by atoms with Crippen LogP contribution in [0.15, 0.2) is 18.2 Å². The summed E-state index contributed by atoms with van der Waals surface area (Å²) in [6.45, 7) is 5.27. The van der Waals surface area contributed by atoms with Gasteiger partial charge in [0.05, 0.1) is 5.69 Å². The standard InChI is InChI=1S/C16H27N3/c1-3-11-17-12-15-9-6-10-16(18-15)19(2)13-14-7-4-5-8-14/h6,9-10,14,17H,3-5,7-8,11-13H2,1-2H3. The summed E-state index contributed by atoms with van der Waals surface area (Å²) >= 11 is 0. The molecule has 3 nitrogen and oxygen atoms in total. The number of hydrogen-bond donors (Lipinski definition) is 1. The van der Waals surface area contributed by atoms with Crippen molar-refractivity contribution in [3.63, 3.8) is 0 Å². The Bertz CT molecular complexity index is 372. The molecule has 0 spiro atoms. The minimum absolute atomic E-state index is 0.869. The summed E-state index contributed by atoms with van der Waals surface area (Å²) in [6.07, 6.45) is 6.77. The second-order valence-corrected chi connectivity index (χ2v) is 5.69. The monoisotopic (exact) mass is 261 g/mol. The van der Waals surface area contributed by atoms with Crippen LogP contribution in [-0.2, 0) is 6.54 Å². The van der Waals surface area contributed by atoms with Gasteiger partial charge in [-0.05, 0) is 43.9 Å². The van der Waals surface area contributed by atoms with Crippen LogP contribution in [0.2, 0.25) is 0 Å². The molecule has 0 aliphatic heterocycles. The third kappa shape index (κ3) is 4.50. The second-order valence-electron chi connectivity index (χ2n) is 5.69. The average Bonchev–Trinajstić information content (AvgIpc) is 2.92. The SMILES string of the molecule is CCCNCc1cccc(N(C)CC2CCCC2)n1. The van der Waals surface area contributed by atoms with Crippen LogP contribution in [0.5, 0.6) is 0 Å². The van der Waals surface area contributed by atoms with Crippen LogP contribution in [0.25, 0.3) is 0 Å². The van der Waals surface area contributed by atoms with Crippen molar-refractivity contribution in [2.75, 3.05) is 25.0 Å². The van der Waals surface area contributed by atoms with Gasteiger partial charge in [-0.1, -0.05) is 25.8 Å². The van der Waals surface area contributed by atoms with Crippen LogP contribution < -0.4 is 10.2 Å². The molecule has 1 N–H and O–H groups in total. The lowest BCUT2D eigenvalue weighted by Gasteiger charge is -2.22. The Kier molecular flexibility index (Phi) is 5.64. The summed E-state index contributed by atoms with van der Waals surface area (Å²) in [7, 11) is 2.17. The highest BCUT2D eigenvalue weighted by atomic mass is 15.2. The van der Waals surface area contributed by atoms with Gasteiger partial charge in [0, 0.05) is 20.1 Å². The summed E-state index contributed by atoms with van der Waals surface area (Å²) in [5, 5.41) is 3.41. The summed E-state index contributed by atoms with van der Waals surface area (Å²) < 4.78 is 0. The van der Waals surface area contributed by atoms with E-state index in [9.17, 15) is 0 Å². The van der Waals surface area contributed by atoms with Gasteiger partial charge in [-0.25, -0.2) is 4.98 Å². The van der Waals surface area contributed by atoms with Gasteiger partial charge in [0.15, 0.2) is 0 Å². The van der Waals surface area contributed by atoms with Crippen molar-refractivity contribution in [2.45, 2.75) is 45.6 Å². The third-order valence-electron chi connectivity index (χ3n) is 3.92. The number of pyridine rings is 1. The average molecular weight is 261 g/mol. The molecule has 19 heavy (non-hydrogen) atoms. The maximum Gasteiger partial charge on any atom is 0.128 e. The first-order valence-corrected chi connectivity index (χ1v) is 7.67. The fraction of sp³-hybridized carbons (Fsp3) is 0.688. The Labute approximate surface area is 117 Å². The van der Waals surface area contributed by atoms with Crippen LogP contribution in [0.3, 0.4) is 0 Å². The van der Waals surface area contributed by atoms with Crippen molar-refractivity contribution in [3.8, 4) is 0 Å². The summed E-state index contributed by atoms with van der Waals surface area (Å²) in [6, 6.07) is 6.35. The van der Waals surface area contributed by atoms with Gasteiger partial charge < -0.3 is 10.2 Å². The minimum Gasteiger partial charge on any atom is -0.359 e. The molecular weight excluding hydrogens is 234 g/mol. The highest BCUT2D eigenvalue weighted by Gasteiger charge is 2.17. The fourth-order valence-electron chi connectivity index (χ4n) is 2.84. The zero-order valence-electron chi connectivity index (χ0n) is 12.4. The van der Waals surface area contributed by atoms with Crippen LogP contribution in [0.4, 0.5) is 5.82 Å². The predicted octanol–water partition coefficient (Wildman–Crippen LogP) is 3.21. The molecule has 0 amide bonds.